The predicted molar refractivity (Wildman–Crippen MR) is 91.9 cm³/mol. The quantitative estimate of drug-likeness (QED) is 0.772. The van der Waals surface area contributed by atoms with E-state index in [1.54, 1.807) is 6.92 Å². The van der Waals surface area contributed by atoms with E-state index in [2.05, 4.69) is 19.9 Å². The average molecular weight is 316 g/mol. The molecular formula is C21H32O2. The summed E-state index contributed by atoms with van der Waals surface area (Å²) in [6, 6.07) is 0. The summed E-state index contributed by atoms with van der Waals surface area (Å²) in [5, 5.41) is 10.1. The first-order valence-corrected chi connectivity index (χ1v) is 9.76. The zero-order valence-corrected chi connectivity index (χ0v) is 15.0. The summed E-state index contributed by atoms with van der Waals surface area (Å²) < 4.78 is 0. The molecule has 0 spiro atoms. The molecule has 0 radical (unpaired) electrons. The fourth-order valence-electron chi connectivity index (χ4n) is 7.35. The molecule has 23 heavy (non-hydrogen) atoms. The van der Waals surface area contributed by atoms with Crippen molar-refractivity contribution in [3.63, 3.8) is 0 Å². The van der Waals surface area contributed by atoms with Crippen molar-refractivity contribution >= 4 is 5.78 Å². The van der Waals surface area contributed by atoms with Gasteiger partial charge in [-0.3, -0.25) is 4.79 Å². The Balaban J connectivity index is 1.62. The molecule has 128 valence electrons. The number of hydrogen-bond donors (Lipinski definition) is 1. The first-order chi connectivity index (χ1) is 10.9. The van der Waals surface area contributed by atoms with Gasteiger partial charge in [0, 0.05) is 0 Å². The van der Waals surface area contributed by atoms with Gasteiger partial charge in [-0.1, -0.05) is 19.9 Å². The highest BCUT2D eigenvalue weighted by Gasteiger charge is 2.58. The maximum atomic E-state index is 12.1. The summed E-state index contributed by atoms with van der Waals surface area (Å²) in [7, 11) is 0. The van der Waals surface area contributed by atoms with Gasteiger partial charge in [-0.2, -0.15) is 0 Å². The van der Waals surface area contributed by atoms with Gasteiger partial charge in [-0.05, 0) is 98.4 Å². The van der Waals surface area contributed by atoms with E-state index in [-0.39, 0.29) is 11.5 Å². The van der Waals surface area contributed by atoms with E-state index in [9.17, 15) is 9.90 Å². The maximum Gasteiger partial charge on any atom is 0.156 e. The lowest BCUT2D eigenvalue weighted by Crippen LogP contribution is -2.53. The van der Waals surface area contributed by atoms with Gasteiger partial charge < -0.3 is 5.11 Å². The summed E-state index contributed by atoms with van der Waals surface area (Å²) in [5.74, 6) is 3.31. The minimum Gasteiger partial charge on any atom is -0.393 e. The van der Waals surface area contributed by atoms with E-state index >= 15 is 0 Å². The molecule has 0 heterocycles. The number of allylic oxidation sites excluding steroid dienone is 2. The minimum atomic E-state index is -0.0593. The van der Waals surface area contributed by atoms with Gasteiger partial charge in [-0.25, -0.2) is 0 Å². The Bertz CT molecular complexity index is 550. The Morgan fingerprint density at radius 1 is 1.13 bits per heavy atom. The fraction of sp³-hybridized carbons (Fsp3) is 0.857. The van der Waals surface area contributed by atoms with Gasteiger partial charge >= 0.3 is 0 Å². The van der Waals surface area contributed by atoms with Crippen molar-refractivity contribution in [3.8, 4) is 0 Å². The third-order valence-corrected chi connectivity index (χ3v) is 8.60. The highest BCUT2D eigenvalue weighted by atomic mass is 16.3. The molecule has 2 nitrogen and oxygen atoms in total. The zero-order chi connectivity index (χ0) is 16.4. The van der Waals surface area contributed by atoms with Crippen molar-refractivity contribution in [2.45, 2.75) is 78.2 Å². The van der Waals surface area contributed by atoms with E-state index in [1.807, 2.05) is 0 Å². The number of Topliss-reactive ketones (excluding diaryl/α,β-unsaturated/α-hetero) is 1. The second-order valence-electron chi connectivity index (χ2n) is 9.45. The molecule has 0 aromatic rings. The van der Waals surface area contributed by atoms with E-state index in [4.69, 9.17) is 0 Å². The number of hydrogen-bond acceptors (Lipinski definition) is 2. The lowest BCUT2D eigenvalue weighted by atomic mass is 9.44. The number of fused-ring (bicyclic) bond motifs is 5. The van der Waals surface area contributed by atoms with Crippen LogP contribution in [0.25, 0.3) is 0 Å². The van der Waals surface area contributed by atoms with Crippen molar-refractivity contribution in [2.24, 2.45) is 34.5 Å². The first-order valence-electron chi connectivity index (χ1n) is 9.76. The Morgan fingerprint density at radius 2 is 1.91 bits per heavy atom. The molecule has 0 aromatic heterocycles. The molecule has 4 rings (SSSR count). The Hall–Kier alpha value is -0.630. The van der Waals surface area contributed by atoms with Crippen LogP contribution in [0.2, 0.25) is 0 Å². The van der Waals surface area contributed by atoms with E-state index in [1.165, 1.54) is 32.1 Å². The van der Waals surface area contributed by atoms with Crippen molar-refractivity contribution in [1.29, 1.82) is 0 Å². The summed E-state index contributed by atoms with van der Waals surface area (Å²) in [4.78, 5) is 12.1. The Labute approximate surface area is 140 Å². The lowest BCUT2D eigenvalue weighted by Gasteiger charge is -2.60. The fourth-order valence-corrected chi connectivity index (χ4v) is 7.35. The number of aliphatic hydroxyl groups is 1. The number of ketones is 1. The van der Waals surface area contributed by atoms with Crippen LogP contribution >= 0.6 is 0 Å². The number of aliphatic hydroxyl groups excluding tert-OH is 1. The van der Waals surface area contributed by atoms with Crippen molar-refractivity contribution in [1.82, 2.24) is 0 Å². The second kappa shape index (κ2) is 5.18. The molecular weight excluding hydrogens is 284 g/mol. The van der Waals surface area contributed by atoms with Crippen LogP contribution in [0.1, 0.15) is 72.1 Å². The van der Waals surface area contributed by atoms with E-state index < -0.39 is 0 Å². The topological polar surface area (TPSA) is 37.3 Å². The third kappa shape index (κ3) is 2.13. The number of carbonyl (C=O) groups excluding carboxylic acids is 1. The first kappa shape index (κ1) is 15.9. The van der Waals surface area contributed by atoms with Gasteiger partial charge in [-0.15, -0.1) is 0 Å². The van der Waals surface area contributed by atoms with Gasteiger partial charge in [0.05, 0.1) is 6.10 Å². The van der Waals surface area contributed by atoms with Crippen LogP contribution in [0.15, 0.2) is 11.6 Å². The molecule has 0 aromatic carbocycles. The SMILES string of the molecule is CC(=O)C1=CC[C@H]2[C@@H]3CC[C@H]4C[C@@H](O)CC[C@]4(C)[C@@H]3CC[C@]12C. The van der Waals surface area contributed by atoms with Gasteiger partial charge in [0.2, 0.25) is 0 Å². The van der Waals surface area contributed by atoms with Crippen LogP contribution in [0.5, 0.6) is 0 Å². The second-order valence-corrected chi connectivity index (χ2v) is 9.45. The number of carbonyl (C=O) groups is 1. The van der Waals surface area contributed by atoms with Gasteiger partial charge in [0.15, 0.2) is 5.78 Å². The van der Waals surface area contributed by atoms with Crippen LogP contribution in [0.4, 0.5) is 0 Å². The third-order valence-electron chi connectivity index (χ3n) is 8.60. The number of rotatable bonds is 1. The van der Waals surface area contributed by atoms with Crippen LogP contribution in [-0.2, 0) is 4.79 Å². The summed E-state index contributed by atoms with van der Waals surface area (Å²) in [6.45, 7) is 6.65. The molecule has 4 aliphatic rings. The van der Waals surface area contributed by atoms with Crippen LogP contribution in [-0.4, -0.2) is 17.0 Å². The zero-order valence-electron chi connectivity index (χ0n) is 15.0. The molecule has 0 aliphatic heterocycles. The Morgan fingerprint density at radius 3 is 2.65 bits per heavy atom. The smallest absolute Gasteiger partial charge is 0.156 e. The molecule has 1 N–H and O–H groups in total. The largest absolute Gasteiger partial charge is 0.393 e. The highest BCUT2D eigenvalue weighted by Crippen LogP contribution is 2.66. The summed E-state index contributed by atoms with van der Waals surface area (Å²) in [5.41, 5.74) is 1.71. The van der Waals surface area contributed by atoms with E-state index in [0.29, 0.717) is 17.1 Å². The van der Waals surface area contributed by atoms with Crippen molar-refractivity contribution in [3.05, 3.63) is 11.6 Å². The monoisotopic (exact) mass is 316 g/mol. The summed E-state index contributed by atoms with van der Waals surface area (Å²) in [6.07, 6.45) is 11.6. The molecule has 7 atom stereocenters. The van der Waals surface area contributed by atoms with Crippen molar-refractivity contribution < 1.29 is 9.90 Å². The maximum absolute atomic E-state index is 12.1. The molecule has 3 saturated carbocycles. The molecule has 2 heteroatoms. The summed E-state index contributed by atoms with van der Waals surface area (Å²) >= 11 is 0. The van der Waals surface area contributed by atoms with Gasteiger partial charge in [0.25, 0.3) is 0 Å². The standard InChI is InChI=1S/C21H32O2/c1-13(22)17-6-7-18-16-5-4-14-12-15(23)8-10-20(14,2)19(16)9-11-21(17,18)3/h6,14-16,18-19,23H,4-5,7-12H2,1-3H3/t14-,15-,16-,18-,19+,20-,21+/m0/s1. The van der Waals surface area contributed by atoms with Crippen LogP contribution in [0.3, 0.4) is 0 Å². The normalized spacial score (nSPS) is 52.2. The molecule has 0 unspecified atom stereocenters. The molecule has 3 fully saturated rings. The van der Waals surface area contributed by atoms with Gasteiger partial charge in [0.1, 0.15) is 0 Å². The van der Waals surface area contributed by atoms with Crippen LogP contribution in [0, 0.1) is 34.5 Å². The minimum absolute atomic E-state index is 0.0593. The van der Waals surface area contributed by atoms with Crippen LogP contribution < -0.4 is 0 Å². The molecule has 4 aliphatic carbocycles. The highest BCUT2D eigenvalue weighted by molar-refractivity contribution is 5.95. The molecule has 0 saturated heterocycles. The Kier molecular flexibility index (Phi) is 3.58. The van der Waals surface area contributed by atoms with E-state index in [0.717, 1.165) is 42.6 Å². The molecule has 0 bridgehead atoms. The molecule has 0 amide bonds. The lowest BCUT2D eigenvalue weighted by molar-refractivity contribution is -0.124. The predicted octanol–water partition coefficient (Wildman–Crippen LogP) is 4.52. The van der Waals surface area contributed by atoms with Crippen molar-refractivity contribution in [2.75, 3.05) is 0 Å². The average Bonchev–Trinajstić information content (AvgIpc) is 2.85.